The van der Waals surface area contributed by atoms with Gasteiger partial charge in [-0.05, 0) is 55.8 Å². The minimum absolute atomic E-state index is 0.631. The van der Waals surface area contributed by atoms with Gasteiger partial charge in [-0.1, -0.05) is 29.9 Å². The Hall–Kier alpha value is -2.02. The molecule has 0 radical (unpaired) electrons. The highest BCUT2D eigenvalue weighted by Crippen LogP contribution is 2.30. The summed E-state index contributed by atoms with van der Waals surface area (Å²) in [7, 11) is 0. The van der Waals surface area contributed by atoms with Crippen molar-refractivity contribution in [2.45, 2.75) is 25.8 Å². The lowest BCUT2D eigenvalue weighted by Gasteiger charge is -2.26. The van der Waals surface area contributed by atoms with Crippen LogP contribution in [0.15, 0.2) is 42.6 Å². The van der Waals surface area contributed by atoms with Gasteiger partial charge in [0.2, 0.25) is 0 Å². The van der Waals surface area contributed by atoms with E-state index >= 15 is 0 Å². The molecule has 6 heteroatoms. The Bertz CT molecular complexity index is 794. The molecule has 1 aromatic carbocycles. The molecule has 0 saturated carbocycles. The number of ether oxygens (including phenoxy) is 1. The van der Waals surface area contributed by atoms with Gasteiger partial charge < -0.3 is 15.0 Å². The zero-order chi connectivity index (χ0) is 17.6. The predicted octanol–water partition coefficient (Wildman–Crippen LogP) is 4.06. The van der Waals surface area contributed by atoms with Crippen LogP contribution in [0.4, 0.5) is 0 Å². The van der Waals surface area contributed by atoms with Gasteiger partial charge in [0.05, 0.1) is 4.70 Å². The third kappa shape index (κ3) is 4.58. The van der Waals surface area contributed by atoms with Crippen LogP contribution in [-0.2, 0) is 6.54 Å². The molecule has 1 N–H and O–H groups in total. The molecule has 136 valence electrons. The summed E-state index contributed by atoms with van der Waals surface area (Å²) in [5.74, 6) is 0.807. The molecule has 0 aliphatic carbocycles. The summed E-state index contributed by atoms with van der Waals surface area (Å²) in [6, 6.07) is 12.1. The molecule has 4 rings (SSSR count). The molecule has 3 heterocycles. The van der Waals surface area contributed by atoms with Crippen molar-refractivity contribution >= 4 is 21.7 Å². The zero-order valence-corrected chi connectivity index (χ0v) is 15.7. The summed E-state index contributed by atoms with van der Waals surface area (Å²) in [6.45, 7) is 5.59. The van der Waals surface area contributed by atoms with Crippen LogP contribution >= 0.6 is 11.3 Å². The van der Waals surface area contributed by atoms with Gasteiger partial charge in [-0.3, -0.25) is 0 Å². The van der Waals surface area contributed by atoms with Crippen LogP contribution in [0, 0.1) is 0 Å². The lowest BCUT2D eigenvalue weighted by molar-refractivity contribution is 0.229. The first-order valence-electron chi connectivity index (χ1n) is 9.28. The summed E-state index contributed by atoms with van der Waals surface area (Å²) < 4.78 is 6.90. The molecule has 1 aliphatic rings. The van der Waals surface area contributed by atoms with E-state index in [-0.39, 0.29) is 0 Å². The number of thiazole rings is 1. The Morgan fingerprint density at radius 2 is 1.92 bits per heavy atom. The van der Waals surface area contributed by atoms with E-state index < -0.39 is 0 Å². The van der Waals surface area contributed by atoms with Gasteiger partial charge in [0.1, 0.15) is 5.75 Å². The molecule has 0 bridgehead atoms. The molecule has 0 amide bonds. The lowest BCUT2D eigenvalue weighted by Crippen LogP contribution is -2.35. The third-order valence-corrected chi connectivity index (χ3v) is 5.54. The topological polar surface area (TPSA) is 50.3 Å². The highest BCUT2D eigenvalue weighted by molar-refractivity contribution is 7.20. The number of piperidine rings is 1. The number of nitrogens with zero attached hydrogens (tertiary/aromatic N) is 3. The average Bonchev–Trinajstić information content (AvgIpc) is 3.10. The average molecular weight is 369 g/mol. The number of rotatable bonds is 7. The molecule has 3 aromatic rings. The number of hydrogen-bond donors (Lipinski definition) is 1. The van der Waals surface area contributed by atoms with Gasteiger partial charge in [0.25, 0.3) is 5.19 Å². The molecule has 1 aliphatic heterocycles. The Kier molecular flexibility index (Phi) is 5.74. The van der Waals surface area contributed by atoms with Gasteiger partial charge in [0, 0.05) is 25.8 Å². The second kappa shape index (κ2) is 8.58. The first-order chi connectivity index (χ1) is 12.9. The SMILES string of the molecule is c1cnc2nc(Oc3ccc(CNCCN4CCCCC4)cc3)sc2c1. The van der Waals surface area contributed by atoms with Crippen LogP contribution in [0.25, 0.3) is 10.3 Å². The van der Waals surface area contributed by atoms with Crippen molar-refractivity contribution < 1.29 is 4.74 Å². The van der Waals surface area contributed by atoms with Crippen LogP contribution < -0.4 is 10.1 Å². The standard InChI is InChI=1S/C20H24N4OS/c1-2-12-24(13-3-1)14-11-21-15-16-6-8-17(9-7-16)25-20-23-19-18(26-20)5-4-10-22-19/h4-10,21H,1-3,11-15H2. The maximum absolute atomic E-state index is 5.86. The van der Waals surface area contributed by atoms with E-state index in [4.69, 9.17) is 4.74 Å². The van der Waals surface area contributed by atoms with Crippen LogP contribution in [0.1, 0.15) is 24.8 Å². The first-order valence-corrected chi connectivity index (χ1v) is 10.1. The maximum atomic E-state index is 5.86. The monoisotopic (exact) mass is 368 g/mol. The number of pyridine rings is 1. The number of fused-ring (bicyclic) bond motifs is 1. The van der Waals surface area contributed by atoms with E-state index in [1.807, 2.05) is 24.3 Å². The fourth-order valence-corrected chi connectivity index (χ4v) is 4.02. The molecule has 0 spiro atoms. The Morgan fingerprint density at radius 3 is 2.73 bits per heavy atom. The number of likely N-dealkylation sites (tertiary alicyclic amines) is 1. The molecule has 1 fully saturated rings. The normalized spacial score (nSPS) is 15.4. The first kappa shape index (κ1) is 17.4. The quantitative estimate of drug-likeness (QED) is 0.638. The number of nitrogens with one attached hydrogen (secondary N) is 1. The van der Waals surface area contributed by atoms with Gasteiger partial charge in [-0.25, -0.2) is 4.98 Å². The number of hydrogen-bond acceptors (Lipinski definition) is 6. The molecule has 0 atom stereocenters. The highest BCUT2D eigenvalue weighted by Gasteiger charge is 2.09. The lowest BCUT2D eigenvalue weighted by atomic mass is 10.1. The van der Waals surface area contributed by atoms with Crippen molar-refractivity contribution in [1.29, 1.82) is 0 Å². The van der Waals surface area contributed by atoms with Crippen LogP contribution in [-0.4, -0.2) is 41.0 Å². The Balaban J connectivity index is 1.25. The highest BCUT2D eigenvalue weighted by atomic mass is 32.1. The Labute approximate surface area is 158 Å². The molecular formula is C20H24N4OS. The second-order valence-electron chi connectivity index (χ2n) is 6.63. The van der Waals surface area contributed by atoms with Crippen LogP contribution in [0.3, 0.4) is 0 Å². The van der Waals surface area contributed by atoms with E-state index in [1.165, 1.54) is 49.3 Å². The van der Waals surface area contributed by atoms with Crippen molar-refractivity contribution in [2.24, 2.45) is 0 Å². The van der Waals surface area contributed by atoms with Gasteiger partial charge >= 0.3 is 0 Å². The third-order valence-electron chi connectivity index (χ3n) is 4.66. The Morgan fingerprint density at radius 1 is 1.08 bits per heavy atom. The predicted molar refractivity (Wildman–Crippen MR) is 106 cm³/mol. The number of aromatic nitrogens is 2. The van der Waals surface area contributed by atoms with Gasteiger partial charge in [0.15, 0.2) is 5.65 Å². The van der Waals surface area contributed by atoms with Crippen molar-refractivity contribution in [3.63, 3.8) is 0 Å². The van der Waals surface area contributed by atoms with Crippen molar-refractivity contribution in [3.05, 3.63) is 48.2 Å². The van der Waals surface area contributed by atoms with E-state index in [0.717, 1.165) is 35.7 Å². The second-order valence-corrected chi connectivity index (χ2v) is 7.62. The van der Waals surface area contributed by atoms with Crippen molar-refractivity contribution in [2.75, 3.05) is 26.2 Å². The van der Waals surface area contributed by atoms with E-state index in [9.17, 15) is 0 Å². The van der Waals surface area contributed by atoms with Gasteiger partial charge in [-0.2, -0.15) is 4.98 Å². The summed E-state index contributed by atoms with van der Waals surface area (Å²) in [5.41, 5.74) is 2.00. The minimum atomic E-state index is 0.631. The van der Waals surface area contributed by atoms with Crippen LogP contribution in [0.5, 0.6) is 10.9 Å². The van der Waals surface area contributed by atoms with Crippen molar-refractivity contribution in [3.8, 4) is 10.9 Å². The van der Waals surface area contributed by atoms with Gasteiger partial charge in [-0.15, -0.1) is 0 Å². The van der Waals surface area contributed by atoms with Crippen LogP contribution in [0.2, 0.25) is 0 Å². The number of benzene rings is 1. The molecule has 1 saturated heterocycles. The van der Waals surface area contributed by atoms with E-state index in [2.05, 4.69) is 32.3 Å². The molecule has 2 aromatic heterocycles. The summed E-state index contributed by atoms with van der Waals surface area (Å²) >= 11 is 1.51. The summed E-state index contributed by atoms with van der Waals surface area (Å²) in [5, 5.41) is 4.17. The molecule has 5 nitrogen and oxygen atoms in total. The maximum Gasteiger partial charge on any atom is 0.281 e. The largest absolute Gasteiger partial charge is 0.431 e. The van der Waals surface area contributed by atoms with E-state index in [1.54, 1.807) is 6.20 Å². The summed E-state index contributed by atoms with van der Waals surface area (Å²) in [6.07, 6.45) is 5.85. The molecule has 26 heavy (non-hydrogen) atoms. The zero-order valence-electron chi connectivity index (χ0n) is 14.9. The van der Waals surface area contributed by atoms with Crippen molar-refractivity contribution in [1.82, 2.24) is 20.2 Å². The minimum Gasteiger partial charge on any atom is -0.431 e. The van der Waals surface area contributed by atoms with E-state index in [0.29, 0.717) is 5.19 Å². The molecular weight excluding hydrogens is 344 g/mol. The fourth-order valence-electron chi connectivity index (χ4n) is 3.22. The molecule has 0 unspecified atom stereocenters. The summed E-state index contributed by atoms with van der Waals surface area (Å²) in [4.78, 5) is 11.2. The smallest absolute Gasteiger partial charge is 0.281 e. The fraction of sp³-hybridized carbons (Fsp3) is 0.400.